The molecule has 0 aliphatic carbocycles. The highest BCUT2D eigenvalue weighted by molar-refractivity contribution is 7.99. The largest absolute Gasteiger partial charge is 0.497 e. The van der Waals surface area contributed by atoms with Gasteiger partial charge in [-0.2, -0.15) is 0 Å². The Hall–Kier alpha value is -1.26. The van der Waals surface area contributed by atoms with E-state index in [1.54, 1.807) is 18.9 Å². The van der Waals surface area contributed by atoms with Crippen molar-refractivity contribution in [2.24, 2.45) is 0 Å². The zero-order chi connectivity index (χ0) is 13.7. The molecule has 0 unspecified atom stereocenters. The number of halogens is 1. The summed E-state index contributed by atoms with van der Waals surface area (Å²) in [6.45, 7) is 2.11. The van der Waals surface area contributed by atoms with E-state index in [0.29, 0.717) is 5.15 Å². The van der Waals surface area contributed by atoms with Crippen LogP contribution in [-0.2, 0) is 6.42 Å². The molecule has 0 atom stereocenters. The fourth-order valence-electron chi connectivity index (χ4n) is 1.70. The monoisotopic (exact) mass is 294 g/mol. The van der Waals surface area contributed by atoms with Gasteiger partial charge in [-0.25, -0.2) is 9.97 Å². The molecule has 1 heterocycles. The van der Waals surface area contributed by atoms with Crippen molar-refractivity contribution in [1.29, 1.82) is 0 Å². The fourth-order valence-corrected chi connectivity index (χ4v) is 2.95. The Morgan fingerprint density at radius 2 is 2.16 bits per heavy atom. The maximum absolute atomic E-state index is 6.14. The molecule has 1 aromatic heterocycles. The summed E-state index contributed by atoms with van der Waals surface area (Å²) in [6.07, 6.45) is 3.40. The Labute approximate surface area is 122 Å². The number of rotatable bonds is 5. The van der Waals surface area contributed by atoms with Gasteiger partial charge in [-0.1, -0.05) is 42.8 Å². The van der Waals surface area contributed by atoms with Gasteiger partial charge in [0.2, 0.25) is 0 Å². The van der Waals surface area contributed by atoms with Gasteiger partial charge in [0.25, 0.3) is 0 Å². The SMILES string of the molecule is CCCc1c(Cl)ncnc1Sc1cccc(OC)c1. The van der Waals surface area contributed by atoms with Crippen LogP contribution in [0.1, 0.15) is 18.9 Å². The van der Waals surface area contributed by atoms with Crippen LogP contribution in [0.3, 0.4) is 0 Å². The third-order valence-electron chi connectivity index (χ3n) is 2.61. The lowest BCUT2D eigenvalue weighted by molar-refractivity contribution is 0.413. The summed E-state index contributed by atoms with van der Waals surface area (Å²) in [6, 6.07) is 7.89. The van der Waals surface area contributed by atoms with Crippen LogP contribution in [0.15, 0.2) is 40.5 Å². The van der Waals surface area contributed by atoms with Crippen molar-refractivity contribution in [1.82, 2.24) is 9.97 Å². The van der Waals surface area contributed by atoms with Crippen LogP contribution in [-0.4, -0.2) is 17.1 Å². The number of ether oxygens (including phenoxy) is 1. The van der Waals surface area contributed by atoms with E-state index in [2.05, 4.69) is 16.9 Å². The molecule has 0 spiro atoms. The van der Waals surface area contributed by atoms with Crippen molar-refractivity contribution in [3.8, 4) is 5.75 Å². The van der Waals surface area contributed by atoms with E-state index in [4.69, 9.17) is 16.3 Å². The average molecular weight is 295 g/mol. The zero-order valence-electron chi connectivity index (χ0n) is 10.9. The lowest BCUT2D eigenvalue weighted by atomic mass is 10.2. The number of aromatic nitrogens is 2. The Bertz CT molecular complexity index is 563. The molecule has 2 aromatic rings. The highest BCUT2D eigenvalue weighted by atomic mass is 35.5. The van der Waals surface area contributed by atoms with Gasteiger partial charge in [0.15, 0.2) is 0 Å². The molecule has 1 aromatic carbocycles. The number of benzene rings is 1. The Morgan fingerprint density at radius 1 is 1.32 bits per heavy atom. The predicted molar refractivity (Wildman–Crippen MR) is 78.2 cm³/mol. The molecule has 0 saturated carbocycles. The summed E-state index contributed by atoms with van der Waals surface area (Å²) in [5.74, 6) is 0.835. The molecule has 19 heavy (non-hydrogen) atoms. The van der Waals surface area contributed by atoms with Crippen LogP contribution in [0.2, 0.25) is 5.15 Å². The Kier molecular flexibility index (Phi) is 5.05. The number of nitrogens with zero attached hydrogens (tertiary/aromatic N) is 2. The molecular formula is C14H15ClN2OS. The summed E-state index contributed by atoms with van der Waals surface area (Å²) >= 11 is 7.73. The number of methoxy groups -OCH3 is 1. The van der Waals surface area contributed by atoms with Gasteiger partial charge in [-0.3, -0.25) is 0 Å². The minimum atomic E-state index is 0.544. The summed E-state index contributed by atoms with van der Waals surface area (Å²) in [5.41, 5.74) is 1.01. The maximum Gasteiger partial charge on any atom is 0.136 e. The first-order valence-electron chi connectivity index (χ1n) is 6.06. The summed E-state index contributed by atoms with van der Waals surface area (Å²) < 4.78 is 5.22. The van der Waals surface area contributed by atoms with Gasteiger partial charge in [0.1, 0.15) is 22.3 Å². The van der Waals surface area contributed by atoms with Crippen LogP contribution >= 0.6 is 23.4 Å². The molecule has 0 bridgehead atoms. The second-order valence-corrected chi connectivity index (χ2v) is 5.40. The molecule has 3 nitrogen and oxygen atoms in total. The lowest BCUT2D eigenvalue weighted by Crippen LogP contribution is -1.95. The van der Waals surface area contributed by atoms with Gasteiger partial charge >= 0.3 is 0 Å². The summed E-state index contributed by atoms with van der Waals surface area (Å²) in [7, 11) is 1.66. The molecule has 0 fully saturated rings. The second-order valence-electron chi connectivity index (χ2n) is 3.98. The van der Waals surface area contributed by atoms with Crippen LogP contribution in [0.5, 0.6) is 5.75 Å². The zero-order valence-corrected chi connectivity index (χ0v) is 12.5. The molecule has 5 heteroatoms. The van der Waals surface area contributed by atoms with Crippen LogP contribution in [0.4, 0.5) is 0 Å². The van der Waals surface area contributed by atoms with Gasteiger partial charge in [-0.05, 0) is 24.6 Å². The van der Waals surface area contributed by atoms with E-state index >= 15 is 0 Å². The van der Waals surface area contributed by atoms with Crippen molar-refractivity contribution in [3.63, 3.8) is 0 Å². The highest BCUT2D eigenvalue weighted by Crippen LogP contribution is 2.33. The molecule has 0 saturated heterocycles. The quantitative estimate of drug-likeness (QED) is 0.773. The van der Waals surface area contributed by atoms with E-state index < -0.39 is 0 Å². The first kappa shape index (κ1) is 14.2. The standard InChI is InChI=1S/C14H15ClN2OS/c1-3-5-12-13(15)16-9-17-14(12)19-11-7-4-6-10(8-11)18-2/h4,6-9H,3,5H2,1-2H3. The van der Waals surface area contributed by atoms with Crippen molar-refractivity contribution in [2.75, 3.05) is 7.11 Å². The smallest absolute Gasteiger partial charge is 0.136 e. The van der Waals surface area contributed by atoms with Gasteiger partial charge < -0.3 is 4.74 Å². The van der Waals surface area contributed by atoms with E-state index in [-0.39, 0.29) is 0 Å². The normalized spacial score (nSPS) is 10.5. The van der Waals surface area contributed by atoms with Crippen molar-refractivity contribution < 1.29 is 4.74 Å². The van der Waals surface area contributed by atoms with Crippen LogP contribution < -0.4 is 4.74 Å². The van der Waals surface area contributed by atoms with Crippen LogP contribution in [0.25, 0.3) is 0 Å². The van der Waals surface area contributed by atoms with E-state index in [1.807, 2.05) is 24.3 Å². The molecule has 100 valence electrons. The van der Waals surface area contributed by atoms with E-state index in [9.17, 15) is 0 Å². The highest BCUT2D eigenvalue weighted by Gasteiger charge is 2.10. The number of hydrogen-bond donors (Lipinski definition) is 0. The van der Waals surface area contributed by atoms with Crippen molar-refractivity contribution in [3.05, 3.63) is 41.3 Å². The minimum absolute atomic E-state index is 0.544. The topological polar surface area (TPSA) is 35.0 Å². The van der Waals surface area contributed by atoms with Crippen molar-refractivity contribution in [2.45, 2.75) is 29.7 Å². The molecule has 2 rings (SSSR count). The average Bonchev–Trinajstić information content (AvgIpc) is 2.43. The molecular weight excluding hydrogens is 280 g/mol. The molecule has 0 aliphatic heterocycles. The van der Waals surface area contributed by atoms with E-state index in [0.717, 1.165) is 34.1 Å². The predicted octanol–water partition coefficient (Wildman–Crippen LogP) is 4.24. The molecule has 0 radical (unpaired) electrons. The third kappa shape index (κ3) is 3.61. The van der Waals surface area contributed by atoms with E-state index in [1.165, 1.54) is 6.33 Å². The van der Waals surface area contributed by atoms with Crippen molar-refractivity contribution >= 4 is 23.4 Å². The third-order valence-corrected chi connectivity index (χ3v) is 3.97. The minimum Gasteiger partial charge on any atom is -0.497 e. The Morgan fingerprint density at radius 3 is 2.89 bits per heavy atom. The second kappa shape index (κ2) is 6.78. The molecule has 0 aliphatic rings. The molecule has 0 amide bonds. The van der Waals surface area contributed by atoms with Gasteiger partial charge in [0.05, 0.1) is 7.11 Å². The fraction of sp³-hybridized carbons (Fsp3) is 0.286. The maximum atomic E-state index is 6.14. The lowest BCUT2D eigenvalue weighted by Gasteiger charge is -2.09. The Balaban J connectivity index is 2.29. The summed E-state index contributed by atoms with van der Waals surface area (Å²) in [5, 5.41) is 1.46. The summed E-state index contributed by atoms with van der Waals surface area (Å²) in [4.78, 5) is 9.46. The number of hydrogen-bond acceptors (Lipinski definition) is 4. The molecule has 0 N–H and O–H groups in total. The van der Waals surface area contributed by atoms with Gasteiger partial charge in [0, 0.05) is 10.5 Å². The first-order chi connectivity index (χ1) is 9.24. The first-order valence-corrected chi connectivity index (χ1v) is 7.25. The van der Waals surface area contributed by atoms with Crippen LogP contribution in [0, 0.1) is 0 Å². The van der Waals surface area contributed by atoms with Gasteiger partial charge in [-0.15, -0.1) is 0 Å².